The number of carbonyl (C=O) groups excluding carboxylic acids is 2. The number of nitro groups is 1. The lowest BCUT2D eigenvalue weighted by atomic mass is 10.0. The van der Waals surface area contributed by atoms with Crippen LogP contribution in [0.1, 0.15) is 31.0 Å². The predicted octanol–water partition coefficient (Wildman–Crippen LogP) is 4.13. The monoisotopic (exact) mass is 391 g/mol. The Morgan fingerprint density at radius 3 is 2.41 bits per heavy atom. The van der Waals surface area contributed by atoms with Crippen molar-refractivity contribution in [2.75, 3.05) is 5.32 Å². The summed E-state index contributed by atoms with van der Waals surface area (Å²) in [6.45, 7) is 3.60. The summed E-state index contributed by atoms with van der Waals surface area (Å²) in [5.41, 5.74) is 1.54. The molecule has 0 aliphatic rings. The van der Waals surface area contributed by atoms with E-state index in [0.29, 0.717) is 12.0 Å². The van der Waals surface area contributed by atoms with Gasteiger partial charge in [0.25, 0.3) is 5.69 Å². The summed E-state index contributed by atoms with van der Waals surface area (Å²) in [6, 6.07) is 17.7. The first-order valence-electron chi connectivity index (χ1n) is 9.27. The second-order valence-corrected chi connectivity index (χ2v) is 6.71. The van der Waals surface area contributed by atoms with Gasteiger partial charge in [-0.2, -0.15) is 0 Å². The molecule has 0 bridgehead atoms. The van der Waals surface area contributed by atoms with Crippen LogP contribution in [0.25, 0.3) is 10.8 Å². The van der Waals surface area contributed by atoms with Crippen LogP contribution in [0.5, 0.6) is 0 Å². The highest BCUT2D eigenvalue weighted by Crippen LogP contribution is 2.24. The molecular formula is C22H21N3O4. The first kappa shape index (κ1) is 20.0. The third-order valence-electron chi connectivity index (χ3n) is 4.75. The summed E-state index contributed by atoms with van der Waals surface area (Å²) < 4.78 is 0. The summed E-state index contributed by atoms with van der Waals surface area (Å²) in [5.74, 6) is -1.69. The van der Waals surface area contributed by atoms with E-state index in [1.54, 1.807) is 19.1 Å². The Kier molecular flexibility index (Phi) is 5.87. The van der Waals surface area contributed by atoms with Crippen molar-refractivity contribution in [3.63, 3.8) is 0 Å². The van der Waals surface area contributed by atoms with Gasteiger partial charge in [0.15, 0.2) is 0 Å². The molecule has 0 heterocycles. The summed E-state index contributed by atoms with van der Waals surface area (Å²) in [6.07, 6.45) is 0.494. The number of hydrogen-bond donors (Lipinski definition) is 2. The van der Waals surface area contributed by atoms with Gasteiger partial charge in [0, 0.05) is 17.3 Å². The van der Waals surface area contributed by atoms with Gasteiger partial charge in [0.05, 0.1) is 11.0 Å². The minimum Gasteiger partial charge on any atom is -0.341 e. The third-order valence-corrected chi connectivity index (χ3v) is 4.75. The molecule has 3 aromatic carbocycles. The van der Waals surface area contributed by atoms with Crippen LogP contribution < -0.4 is 10.6 Å². The van der Waals surface area contributed by atoms with E-state index in [1.807, 2.05) is 49.4 Å². The van der Waals surface area contributed by atoms with Crippen LogP contribution in [0.15, 0.2) is 60.7 Å². The largest absolute Gasteiger partial charge is 0.341 e. The second-order valence-electron chi connectivity index (χ2n) is 6.71. The smallest absolute Gasteiger partial charge is 0.313 e. The molecule has 1 atom stereocenters. The Hall–Kier alpha value is -3.74. The molecule has 3 rings (SSSR count). The Balaban J connectivity index is 1.69. The van der Waals surface area contributed by atoms with Crippen LogP contribution in [-0.2, 0) is 16.0 Å². The number of benzene rings is 3. The molecule has 1 unspecified atom stereocenters. The molecule has 7 nitrogen and oxygen atoms in total. The van der Waals surface area contributed by atoms with Crippen LogP contribution in [0.2, 0.25) is 0 Å². The van der Waals surface area contributed by atoms with E-state index in [4.69, 9.17) is 0 Å². The average molecular weight is 391 g/mol. The van der Waals surface area contributed by atoms with E-state index in [9.17, 15) is 19.7 Å². The van der Waals surface area contributed by atoms with Gasteiger partial charge in [0.1, 0.15) is 0 Å². The van der Waals surface area contributed by atoms with Gasteiger partial charge in [-0.3, -0.25) is 19.7 Å². The van der Waals surface area contributed by atoms with Gasteiger partial charge >= 0.3 is 11.8 Å². The van der Waals surface area contributed by atoms with E-state index in [0.717, 1.165) is 16.3 Å². The Bertz CT molecular complexity index is 1090. The van der Waals surface area contributed by atoms with E-state index >= 15 is 0 Å². The first-order chi connectivity index (χ1) is 13.9. The second kappa shape index (κ2) is 8.52. The number of anilines is 1. The predicted molar refractivity (Wildman–Crippen MR) is 112 cm³/mol. The van der Waals surface area contributed by atoms with Gasteiger partial charge in [-0.15, -0.1) is 0 Å². The lowest BCUT2D eigenvalue weighted by Gasteiger charge is -2.15. The molecule has 0 aromatic heterocycles. The molecule has 0 radical (unpaired) electrons. The highest BCUT2D eigenvalue weighted by molar-refractivity contribution is 6.39. The normalized spacial score (nSPS) is 11.7. The molecular weight excluding hydrogens is 370 g/mol. The van der Waals surface area contributed by atoms with Crippen molar-refractivity contribution in [3.05, 3.63) is 81.9 Å². The van der Waals surface area contributed by atoms with Crippen molar-refractivity contribution in [2.45, 2.75) is 26.3 Å². The van der Waals surface area contributed by atoms with E-state index < -0.39 is 16.7 Å². The number of nitro benzene ring substituents is 1. The van der Waals surface area contributed by atoms with Crippen molar-refractivity contribution >= 4 is 34.0 Å². The fraction of sp³-hybridized carbons (Fsp3) is 0.182. The number of carbonyl (C=O) groups is 2. The zero-order valence-corrected chi connectivity index (χ0v) is 16.1. The standard InChI is InChI=1S/C22H21N3O4/c1-3-15-10-11-19(13-20(15)25(28)29)24-22(27)21(26)23-14(2)17-9-8-16-6-4-5-7-18(16)12-17/h4-14H,3H2,1-2H3,(H,23,26)(H,24,27). The van der Waals surface area contributed by atoms with Gasteiger partial charge in [0.2, 0.25) is 0 Å². The molecule has 7 heteroatoms. The van der Waals surface area contributed by atoms with Crippen molar-refractivity contribution in [1.29, 1.82) is 0 Å². The lowest BCUT2D eigenvalue weighted by Crippen LogP contribution is -2.36. The number of nitrogens with one attached hydrogen (secondary N) is 2. The lowest BCUT2D eigenvalue weighted by molar-refractivity contribution is -0.385. The molecule has 0 fully saturated rings. The number of hydrogen-bond acceptors (Lipinski definition) is 4. The number of fused-ring (bicyclic) bond motifs is 1. The maximum Gasteiger partial charge on any atom is 0.313 e. The van der Waals surface area contributed by atoms with Crippen LogP contribution in [-0.4, -0.2) is 16.7 Å². The fourth-order valence-electron chi connectivity index (χ4n) is 3.12. The molecule has 0 spiro atoms. The molecule has 0 saturated carbocycles. The molecule has 3 aromatic rings. The van der Waals surface area contributed by atoms with E-state index in [1.165, 1.54) is 6.07 Å². The molecule has 0 aliphatic heterocycles. The van der Waals surface area contributed by atoms with Crippen molar-refractivity contribution in [1.82, 2.24) is 5.32 Å². The highest BCUT2D eigenvalue weighted by atomic mass is 16.6. The minimum atomic E-state index is -0.879. The molecule has 148 valence electrons. The summed E-state index contributed by atoms with van der Waals surface area (Å²) in [5, 5.41) is 18.4. The summed E-state index contributed by atoms with van der Waals surface area (Å²) in [7, 11) is 0. The maximum atomic E-state index is 12.3. The number of rotatable bonds is 5. The Labute approximate surface area is 167 Å². The Morgan fingerprint density at radius 2 is 1.72 bits per heavy atom. The Morgan fingerprint density at radius 1 is 1.00 bits per heavy atom. The number of nitrogens with zero attached hydrogens (tertiary/aromatic N) is 1. The van der Waals surface area contributed by atoms with Gasteiger partial charge in [-0.25, -0.2) is 0 Å². The first-order valence-corrected chi connectivity index (χ1v) is 9.27. The van der Waals surface area contributed by atoms with E-state index in [2.05, 4.69) is 10.6 Å². The number of amides is 2. The third kappa shape index (κ3) is 4.57. The minimum absolute atomic E-state index is 0.0877. The molecule has 0 saturated heterocycles. The molecule has 2 N–H and O–H groups in total. The van der Waals surface area contributed by atoms with E-state index in [-0.39, 0.29) is 17.4 Å². The van der Waals surface area contributed by atoms with Crippen LogP contribution >= 0.6 is 0 Å². The van der Waals surface area contributed by atoms with Crippen molar-refractivity contribution in [3.8, 4) is 0 Å². The van der Waals surface area contributed by atoms with Gasteiger partial charge < -0.3 is 10.6 Å². The fourth-order valence-corrected chi connectivity index (χ4v) is 3.12. The highest BCUT2D eigenvalue weighted by Gasteiger charge is 2.19. The number of aryl methyl sites for hydroxylation is 1. The van der Waals surface area contributed by atoms with Crippen LogP contribution in [0.3, 0.4) is 0 Å². The maximum absolute atomic E-state index is 12.3. The van der Waals surface area contributed by atoms with Crippen molar-refractivity contribution < 1.29 is 14.5 Å². The van der Waals surface area contributed by atoms with Gasteiger partial charge in [-0.05, 0) is 41.8 Å². The van der Waals surface area contributed by atoms with Gasteiger partial charge in [-0.1, -0.05) is 49.4 Å². The molecule has 0 aliphatic carbocycles. The average Bonchev–Trinajstić information content (AvgIpc) is 2.73. The summed E-state index contributed by atoms with van der Waals surface area (Å²) >= 11 is 0. The van der Waals surface area contributed by atoms with Crippen LogP contribution in [0.4, 0.5) is 11.4 Å². The topological polar surface area (TPSA) is 101 Å². The zero-order valence-electron chi connectivity index (χ0n) is 16.1. The molecule has 2 amide bonds. The zero-order chi connectivity index (χ0) is 21.0. The SMILES string of the molecule is CCc1ccc(NC(=O)C(=O)NC(C)c2ccc3ccccc3c2)cc1[N+](=O)[O-]. The summed E-state index contributed by atoms with van der Waals surface area (Å²) in [4.78, 5) is 35.2. The quantitative estimate of drug-likeness (QED) is 0.388. The van der Waals surface area contributed by atoms with Crippen LogP contribution in [0, 0.1) is 10.1 Å². The van der Waals surface area contributed by atoms with Crippen molar-refractivity contribution in [2.24, 2.45) is 0 Å². The molecule has 29 heavy (non-hydrogen) atoms.